The summed E-state index contributed by atoms with van der Waals surface area (Å²) in [7, 11) is 0. The summed E-state index contributed by atoms with van der Waals surface area (Å²) in [5.41, 5.74) is 3.92. The van der Waals surface area contributed by atoms with Crippen molar-refractivity contribution in [2.45, 2.75) is 78.1 Å². The highest BCUT2D eigenvalue weighted by atomic mass is 16.6. The van der Waals surface area contributed by atoms with E-state index < -0.39 is 29.7 Å². The maximum Gasteiger partial charge on any atom is 0.408 e. The van der Waals surface area contributed by atoms with Crippen LogP contribution >= 0.6 is 0 Å². The Morgan fingerprint density at radius 1 is 0.973 bits per heavy atom. The Morgan fingerprint density at radius 3 is 2.11 bits per heavy atom. The summed E-state index contributed by atoms with van der Waals surface area (Å²) >= 11 is 0. The van der Waals surface area contributed by atoms with Gasteiger partial charge in [-0.3, -0.25) is 9.59 Å². The normalized spacial score (nSPS) is 14.7. The third kappa shape index (κ3) is 7.90. The molecule has 0 heterocycles. The first-order chi connectivity index (χ1) is 17.5. The molecule has 3 rings (SSSR count). The molecule has 0 radical (unpaired) electrons. The zero-order valence-corrected chi connectivity index (χ0v) is 22.3. The van der Waals surface area contributed by atoms with Crippen LogP contribution in [0.2, 0.25) is 0 Å². The number of nitrogens with one attached hydrogen (secondary N) is 4. The molecule has 0 aromatic heterocycles. The lowest BCUT2D eigenvalue weighted by Gasteiger charge is -2.27. The molecule has 2 aromatic carbocycles. The van der Waals surface area contributed by atoms with Crippen LogP contribution in [0.1, 0.15) is 63.3 Å². The number of hydrogen-bond acceptors (Lipinski definition) is 5. The molecule has 2 aromatic rings. The lowest BCUT2D eigenvalue weighted by atomic mass is 9.95. The van der Waals surface area contributed by atoms with E-state index >= 15 is 0 Å². The molecule has 37 heavy (non-hydrogen) atoms. The molecule has 0 saturated heterocycles. The maximum atomic E-state index is 13.3. The van der Waals surface area contributed by atoms with Crippen LogP contribution in [0, 0.1) is 11.3 Å². The molecular formula is C29H38N4O4. The first-order valence-electron chi connectivity index (χ1n) is 12.8. The lowest BCUT2D eigenvalue weighted by molar-refractivity contribution is -0.130. The van der Waals surface area contributed by atoms with Crippen LogP contribution in [0.5, 0.6) is 0 Å². The van der Waals surface area contributed by atoms with E-state index in [1.165, 1.54) is 0 Å². The van der Waals surface area contributed by atoms with Crippen molar-refractivity contribution in [3.63, 3.8) is 0 Å². The minimum absolute atomic E-state index is 0.152. The van der Waals surface area contributed by atoms with Crippen molar-refractivity contribution < 1.29 is 19.1 Å². The van der Waals surface area contributed by atoms with Crippen LogP contribution in [0.25, 0.3) is 0 Å². The molecule has 1 aliphatic carbocycles. The Kier molecular flexibility index (Phi) is 9.08. The molecule has 2 atom stereocenters. The van der Waals surface area contributed by atoms with Gasteiger partial charge in [-0.1, -0.05) is 55.5 Å². The topological polar surface area (TPSA) is 120 Å². The predicted molar refractivity (Wildman–Crippen MR) is 144 cm³/mol. The Morgan fingerprint density at radius 2 is 1.57 bits per heavy atom. The van der Waals surface area contributed by atoms with Crippen LogP contribution in [0.3, 0.4) is 0 Å². The number of fused-ring (bicyclic) bond motifs is 1. The minimum atomic E-state index is -0.848. The quantitative estimate of drug-likeness (QED) is 0.386. The molecule has 0 fully saturated rings. The molecular weight excluding hydrogens is 468 g/mol. The highest BCUT2D eigenvalue weighted by molar-refractivity contribution is 5.98. The van der Waals surface area contributed by atoms with Crippen LogP contribution < -0.4 is 16.0 Å². The molecule has 0 spiro atoms. The fraction of sp³-hybridized carbons (Fsp3) is 0.448. The molecule has 0 saturated carbocycles. The minimum Gasteiger partial charge on any atom is -0.444 e. The van der Waals surface area contributed by atoms with Crippen molar-refractivity contribution in [1.82, 2.24) is 16.0 Å². The van der Waals surface area contributed by atoms with Crippen molar-refractivity contribution in [2.75, 3.05) is 0 Å². The van der Waals surface area contributed by atoms with E-state index in [0.29, 0.717) is 31.5 Å². The first-order valence-corrected chi connectivity index (χ1v) is 12.8. The molecule has 3 amide bonds. The van der Waals surface area contributed by atoms with Crippen molar-refractivity contribution >= 4 is 23.6 Å². The van der Waals surface area contributed by atoms with E-state index in [2.05, 4.69) is 16.0 Å². The third-order valence-corrected chi connectivity index (χ3v) is 6.38. The summed E-state index contributed by atoms with van der Waals surface area (Å²) in [6.45, 7) is 9.15. The Labute approximate surface area is 219 Å². The van der Waals surface area contributed by atoms with E-state index in [-0.39, 0.29) is 11.8 Å². The summed E-state index contributed by atoms with van der Waals surface area (Å²) < 4.78 is 5.40. The highest BCUT2D eigenvalue weighted by Crippen LogP contribution is 2.29. The number of carbonyl (C=O) groups excluding carboxylic acids is 3. The molecule has 0 bridgehead atoms. The average Bonchev–Trinajstić information content (AvgIpc) is 3.28. The lowest BCUT2D eigenvalue weighted by Crippen LogP contribution is -2.56. The second kappa shape index (κ2) is 12.0. The van der Waals surface area contributed by atoms with Gasteiger partial charge in [0.2, 0.25) is 11.8 Å². The molecule has 1 aliphatic rings. The Hall–Kier alpha value is -3.68. The van der Waals surface area contributed by atoms with Crippen LogP contribution in [0.15, 0.2) is 48.5 Å². The molecule has 8 nitrogen and oxygen atoms in total. The summed E-state index contributed by atoms with van der Waals surface area (Å²) in [4.78, 5) is 38.6. The zero-order valence-electron chi connectivity index (χ0n) is 22.3. The number of ether oxygens (including phenoxy) is 1. The van der Waals surface area contributed by atoms with Gasteiger partial charge in [0, 0.05) is 12.3 Å². The van der Waals surface area contributed by atoms with Gasteiger partial charge in [0.15, 0.2) is 0 Å². The smallest absolute Gasteiger partial charge is 0.408 e. The van der Waals surface area contributed by atoms with E-state index in [9.17, 15) is 14.4 Å². The summed E-state index contributed by atoms with van der Waals surface area (Å²) in [5, 5.41) is 16.3. The maximum absolute atomic E-state index is 13.3. The van der Waals surface area contributed by atoms with E-state index in [1.54, 1.807) is 27.7 Å². The molecule has 198 valence electrons. The molecule has 4 N–H and O–H groups in total. The van der Waals surface area contributed by atoms with Gasteiger partial charge in [-0.2, -0.15) is 0 Å². The third-order valence-electron chi connectivity index (χ3n) is 6.38. The standard InChI is InChI=1S/C29H38N4O4/c1-6-24(30)20-13-11-19(12-14-20)17-31-26(34)18(2)32-27(35)25(33-28(36)37-29(3,4)5)23-15-21-9-7-8-10-22(21)16-23/h7-14,18,23,25,30H,6,15-17H2,1-5H3,(H,31,34)(H,32,35)(H,33,36)/t18-,25+/m0/s1. The van der Waals surface area contributed by atoms with Gasteiger partial charge in [0.05, 0.1) is 0 Å². The van der Waals surface area contributed by atoms with Crippen LogP contribution in [-0.2, 0) is 33.7 Å². The molecule has 0 aliphatic heterocycles. The van der Waals surface area contributed by atoms with Crippen molar-refractivity contribution in [1.29, 1.82) is 5.41 Å². The van der Waals surface area contributed by atoms with Gasteiger partial charge in [0.1, 0.15) is 17.7 Å². The fourth-order valence-electron chi connectivity index (χ4n) is 4.40. The number of benzene rings is 2. The Balaban J connectivity index is 1.62. The first kappa shape index (κ1) is 27.9. The van der Waals surface area contributed by atoms with Crippen molar-refractivity contribution in [2.24, 2.45) is 5.92 Å². The zero-order chi connectivity index (χ0) is 27.2. The number of amides is 3. The van der Waals surface area contributed by atoms with E-state index in [4.69, 9.17) is 10.1 Å². The predicted octanol–water partition coefficient (Wildman–Crippen LogP) is 3.89. The van der Waals surface area contributed by atoms with E-state index in [1.807, 2.05) is 55.5 Å². The van der Waals surface area contributed by atoms with Gasteiger partial charge >= 0.3 is 6.09 Å². The number of hydrogen-bond donors (Lipinski definition) is 4. The highest BCUT2D eigenvalue weighted by Gasteiger charge is 2.36. The van der Waals surface area contributed by atoms with Gasteiger partial charge in [0.25, 0.3) is 0 Å². The second-order valence-corrected chi connectivity index (χ2v) is 10.5. The molecule has 0 unspecified atom stereocenters. The number of rotatable bonds is 9. The summed E-state index contributed by atoms with van der Waals surface area (Å²) in [6, 6.07) is 13.8. The van der Waals surface area contributed by atoms with Crippen molar-refractivity contribution in [3.8, 4) is 0 Å². The SMILES string of the molecule is CCC(=N)c1ccc(CNC(=O)[C@H](C)NC(=O)[C@H](NC(=O)OC(C)(C)C)C2Cc3ccccc3C2)cc1. The second-order valence-electron chi connectivity index (χ2n) is 10.5. The summed E-state index contributed by atoms with van der Waals surface area (Å²) in [5.74, 6) is -0.904. The molecule has 8 heteroatoms. The monoisotopic (exact) mass is 506 g/mol. The van der Waals surface area contributed by atoms with E-state index in [0.717, 1.165) is 22.3 Å². The average molecular weight is 507 g/mol. The summed E-state index contributed by atoms with van der Waals surface area (Å²) in [6.07, 6.45) is 1.29. The van der Waals surface area contributed by atoms with Gasteiger partial charge < -0.3 is 26.1 Å². The fourth-order valence-corrected chi connectivity index (χ4v) is 4.40. The Bertz CT molecular complexity index is 1110. The number of alkyl carbamates (subject to hydrolysis) is 1. The van der Waals surface area contributed by atoms with Gasteiger partial charge in [-0.25, -0.2) is 4.79 Å². The van der Waals surface area contributed by atoms with Crippen LogP contribution in [-0.4, -0.2) is 41.3 Å². The largest absolute Gasteiger partial charge is 0.444 e. The van der Waals surface area contributed by atoms with Crippen molar-refractivity contribution in [3.05, 3.63) is 70.8 Å². The number of carbonyl (C=O) groups is 3. The van der Waals surface area contributed by atoms with Gasteiger partial charge in [-0.15, -0.1) is 0 Å². The van der Waals surface area contributed by atoms with Gasteiger partial charge in [-0.05, 0) is 75.1 Å². The van der Waals surface area contributed by atoms with Crippen LogP contribution in [0.4, 0.5) is 4.79 Å².